The molecule has 0 bridgehead atoms. The van der Waals surface area contributed by atoms with Crippen LogP contribution in [0.15, 0.2) is 0 Å². The molecule has 1 aliphatic heterocycles. The smallest absolute Gasteiger partial charge is 0.0598 e. The van der Waals surface area contributed by atoms with Crippen molar-refractivity contribution in [2.24, 2.45) is 5.73 Å². The molecule has 3 nitrogen and oxygen atoms in total. The van der Waals surface area contributed by atoms with Gasteiger partial charge in [-0.2, -0.15) is 0 Å². The third-order valence-electron chi connectivity index (χ3n) is 4.72. The maximum Gasteiger partial charge on any atom is 0.0598 e. The van der Waals surface area contributed by atoms with Crippen molar-refractivity contribution in [2.75, 3.05) is 26.2 Å². The fourth-order valence-electron chi connectivity index (χ4n) is 3.38. The first-order valence-electron chi connectivity index (χ1n) is 9.56. The molecule has 1 fully saturated rings. The van der Waals surface area contributed by atoms with Crippen LogP contribution >= 0.6 is 0 Å². The summed E-state index contributed by atoms with van der Waals surface area (Å²) in [6.45, 7) is 6.45. The quantitative estimate of drug-likeness (QED) is 0.478. The first kappa shape index (κ1) is 18.9. The molecule has 1 heterocycles. The second kappa shape index (κ2) is 13.5. The molecule has 3 N–H and O–H groups in total. The highest BCUT2D eigenvalue weighted by molar-refractivity contribution is 4.77. The van der Waals surface area contributed by atoms with Gasteiger partial charge in [0, 0.05) is 26.2 Å². The van der Waals surface area contributed by atoms with Gasteiger partial charge in [0.1, 0.15) is 0 Å². The molecule has 1 unspecified atom stereocenters. The third-order valence-corrected chi connectivity index (χ3v) is 4.72. The van der Waals surface area contributed by atoms with Gasteiger partial charge in [-0.15, -0.1) is 0 Å². The predicted molar refractivity (Wildman–Crippen MR) is 93.5 cm³/mol. The largest absolute Gasteiger partial charge is 0.329 e. The van der Waals surface area contributed by atoms with E-state index in [1.165, 1.54) is 83.6 Å². The van der Waals surface area contributed by atoms with E-state index in [-0.39, 0.29) is 0 Å². The van der Waals surface area contributed by atoms with Crippen molar-refractivity contribution >= 4 is 0 Å². The van der Waals surface area contributed by atoms with Crippen molar-refractivity contribution in [2.45, 2.75) is 90.1 Å². The second-order valence-electron chi connectivity index (χ2n) is 6.62. The number of hydrogen-bond acceptors (Lipinski definition) is 3. The summed E-state index contributed by atoms with van der Waals surface area (Å²) in [4.78, 5) is 2.51. The molecule has 1 rings (SSSR count). The molecule has 0 aromatic carbocycles. The molecule has 0 amide bonds. The number of rotatable bonds is 14. The lowest BCUT2D eigenvalue weighted by atomic mass is 10.0. The first-order chi connectivity index (χ1) is 10.4. The molecule has 3 heteroatoms. The van der Waals surface area contributed by atoms with Crippen LogP contribution in [0, 0.1) is 0 Å². The maximum absolute atomic E-state index is 5.66. The standard InChI is InChI=1S/C18H39N3/c1-2-3-4-5-6-7-8-9-10-11-12-13-18-20-15-17-21(18)16-14-19/h18,20H,2-17,19H2,1H3. The van der Waals surface area contributed by atoms with Gasteiger partial charge in [-0.1, -0.05) is 77.6 Å². The fraction of sp³-hybridized carbons (Fsp3) is 1.00. The Morgan fingerprint density at radius 3 is 2.05 bits per heavy atom. The molecule has 126 valence electrons. The lowest BCUT2D eigenvalue weighted by Crippen LogP contribution is -2.38. The maximum atomic E-state index is 5.66. The normalized spacial score (nSPS) is 19.4. The molecule has 0 aromatic rings. The zero-order valence-electron chi connectivity index (χ0n) is 14.4. The number of nitrogens with two attached hydrogens (primary N) is 1. The monoisotopic (exact) mass is 297 g/mol. The Kier molecular flexibility index (Phi) is 12.2. The summed E-state index contributed by atoms with van der Waals surface area (Å²) in [5.41, 5.74) is 5.66. The highest BCUT2D eigenvalue weighted by Gasteiger charge is 2.21. The summed E-state index contributed by atoms with van der Waals surface area (Å²) < 4.78 is 0. The molecule has 0 spiro atoms. The van der Waals surface area contributed by atoms with Crippen molar-refractivity contribution in [3.8, 4) is 0 Å². The van der Waals surface area contributed by atoms with E-state index in [9.17, 15) is 0 Å². The molecule has 1 aliphatic rings. The Morgan fingerprint density at radius 1 is 0.905 bits per heavy atom. The van der Waals surface area contributed by atoms with Gasteiger partial charge in [0.15, 0.2) is 0 Å². The highest BCUT2D eigenvalue weighted by Crippen LogP contribution is 2.14. The van der Waals surface area contributed by atoms with E-state index in [0.29, 0.717) is 6.17 Å². The third kappa shape index (κ3) is 9.49. The molecule has 0 radical (unpaired) electrons. The SMILES string of the molecule is CCCCCCCCCCCCCC1NCCN1CCN. The molecule has 1 atom stereocenters. The zero-order valence-corrected chi connectivity index (χ0v) is 14.4. The topological polar surface area (TPSA) is 41.3 Å². The van der Waals surface area contributed by atoms with Crippen LogP contribution < -0.4 is 11.1 Å². The van der Waals surface area contributed by atoms with E-state index in [1.54, 1.807) is 0 Å². The minimum absolute atomic E-state index is 0.604. The molecular weight excluding hydrogens is 258 g/mol. The van der Waals surface area contributed by atoms with Crippen molar-refractivity contribution in [3.63, 3.8) is 0 Å². The minimum atomic E-state index is 0.604. The van der Waals surface area contributed by atoms with Crippen LogP contribution in [0.4, 0.5) is 0 Å². The molecule has 0 saturated carbocycles. The molecule has 0 aliphatic carbocycles. The van der Waals surface area contributed by atoms with Crippen molar-refractivity contribution in [1.29, 1.82) is 0 Å². The summed E-state index contributed by atoms with van der Waals surface area (Å²) in [6.07, 6.45) is 17.6. The van der Waals surface area contributed by atoms with Gasteiger partial charge < -0.3 is 11.1 Å². The van der Waals surface area contributed by atoms with Crippen LogP contribution in [0.25, 0.3) is 0 Å². The number of nitrogens with zero attached hydrogens (tertiary/aromatic N) is 1. The predicted octanol–water partition coefficient (Wildman–Crippen LogP) is 3.88. The van der Waals surface area contributed by atoms with Crippen LogP contribution in [0.3, 0.4) is 0 Å². The van der Waals surface area contributed by atoms with Crippen molar-refractivity contribution < 1.29 is 0 Å². The van der Waals surface area contributed by atoms with Gasteiger partial charge in [-0.25, -0.2) is 0 Å². The lowest BCUT2D eigenvalue weighted by molar-refractivity contribution is 0.231. The van der Waals surface area contributed by atoms with Gasteiger partial charge >= 0.3 is 0 Å². The van der Waals surface area contributed by atoms with E-state index in [2.05, 4.69) is 17.1 Å². The zero-order chi connectivity index (χ0) is 15.2. The Bertz CT molecular complexity index is 221. The summed E-state index contributed by atoms with van der Waals surface area (Å²) >= 11 is 0. The van der Waals surface area contributed by atoms with Gasteiger partial charge in [0.05, 0.1) is 6.17 Å². The number of unbranched alkanes of at least 4 members (excludes halogenated alkanes) is 10. The molecule has 1 saturated heterocycles. The van der Waals surface area contributed by atoms with E-state index in [1.807, 2.05) is 0 Å². The average Bonchev–Trinajstić information content (AvgIpc) is 2.92. The Labute approximate surface area is 133 Å². The van der Waals surface area contributed by atoms with Crippen LogP contribution in [0.5, 0.6) is 0 Å². The molecule has 21 heavy (non-hydrogen) atoms. The molecular formula is C18H39N3. The van der Waals surface area contributed by atoms with Gasteiger partial charge in [-0.05, 0) is 6.42 Å². The van der Waals surface area contributed by atoms with Gasteiger partial charge in [-0.3, -0.25) is 4.90 Å². The van der Waals surface area contributed by atoms with Crippen LogP contribution in [-0.2, 0) is 0 Å². The summed E-state index contributed by atoms with van der Waals surface area (Å²) in [5, 5.41) is 3.60. The van der Waals surface area contributed by atoms with E-state index >= 15 is 0 Å². The van der Waals surface area contributed by atoms with Crippen LogP contribution in [0.1, 0.15) is 84.0 Å². The van der Waals surface area contributed by atoms with Gasteiger partial charge in [0.2, 0.25) is 0 Å². The van der Waals surface area contributed by atoms with E-state index in [0.717, 1.165) is 19.6 Å². The number of hydrogen-bond donors (Lipinski definition) is 2. The van der Waals surface area contributed by atoms with E-state index < -0.39 is 0 Å². The highest BCUT2D eigenvalue weighted by atomic mass is 15.3. The average molecular weight is 298 g/mol. The summed E-state index contributed by atoms with van der Waals surface area (Å²) in [5.74, 6) is 0. The second-order valence-corrected chi connectivity index (χ2v) is 6.62. The van der Waals surface area contributed by atoms with Crippen molar-refractivity contribution in [3.05, 3.63) is 0 Å². The van der Waals surface area contributed by atoms with E-state index in [4.69, 9.17) is 5.73 Å². The molecule has 0 aromatic heterocycles. The van der Waals surface area contributed by atoms with Gasteiger partial charge in [0.25, 0.3) is 0 Å². The number of nitrogens with one attached hydrogen (secondary N) is 1. The Morgan fingerprint density at radius 2 is 1.48 bits per heavy atom. The Balaban J connectivity index is 1.82. The summed E-state index contributed by atoms with van der Waals surface area (Å²) in [7, 11) is 0. The lowest BCUT2D eigenvalue weighted by Gasteiger charge is -2.23. The van der Waals surface area contributed by atoms with Crippen LogP contribution in [-0.4, -0.2) is 37.2 Å². The Hall–Kier alpha value is -0.120. The fourth-order valence-corrected chi connectivity index (χ4v) is 3.38. The first-order valence-corrected chi connectivity index (χ1v) is 9.56. The van der Waals surface area contributed by atoms with Crippen molar-refractivity contribution in [1.82, 2.24) is 10.2 Å². The van der Waals surface area contributed by atoms with Crippen LogP contribution in [0.2, 0.25) is 0 Å². The summed E-state index contributed by atoms with van der Waals surface area (Å²) in [6, 6.07) is 0. The minimum Gasteiger partial charge on any atom is -0.329 e.